The van der Waals surface area contributed by atoms with E-state index in [-0.39, 0.29) is 0 Å². The topological polar surface area (TPSA) is 77.8 Å². The molecule has 1 aliphatic heterocycles. The van der Waals surface area contributed by atoms with Crippen molar-refractivity contribution in [1.82, 2.24) is 4.90 Å². The summed E-state index contributed by atoms with van der Waals surface area (Å²) >= 11 is 0. The molecule has 5 nitrogen and oxygen atoms in total. The molecule has 2 atom stereocenters. The fourth-order valence-electron chi connectivity index (χ4n) is 2.92. The summed E-state index contributed by atoms with van der Waals surface area (Å²) in [4.78, 5) is 24.4. The number of nitrogens with zero attached hydrogens (tertiary/aromatic N) is 1. The molecule has 0 aliphatic carbocycles. The van der Waals surface area contributed by atoms with E-state index in [1.54, 1.807) is 0 Å². The van der Waals surface area contributed by atoms with Crippen molar-refractivity contribution in [3.63, 3.8) is 0 Å². The minimum absolute atomic E-state index is 0.334. The lowest BCUT2D eigenvalue weighted by Gasteiger charge is -2.34. The number of benzene rings is 1. The molecular weight excluding hydrogens is 270 g/mol. The molecule has 5 heteroatoms. The van der Waals surface area contributed by atoms with Gasteiger partial charge in [0.15, 0.2) is 0 Å². The average Bonchev–Trinajstić information content (AvgIpc) is 2.48. The molecule has 1 fully saturated rings. The maximum Gasteiger partial charge on any atom is 0.308 e. The number of carbonyl (C=O) groups is 2. The van der Waals surface area contributed by atoms with E-state index in [2.05, 4.69) is 17.0 Å². The van der Waals surface area contributed by atoms with Gasteiger partial charge in [-0.3, -0.25) is 9.59 Å². The third-order valence-corrected chi connectivity index (χ3v) is 4.11. The molecule has 114 valence electrons. The van der Waals surface area contributed by atoms with Gasteiger partial charge in [0, 0.05) is 6.54 Å². The fourth-order valence-corrected chi connectivity index (χ4v) is 2.92. The van der Waals surface area contributed by atoms with Crippen molar-refractivity contribution in [3.8, 4) is 0 Å². The molecule has 1 heterocycles. The van der Waals surface area contributed by atoms with Gasteiger partial charge < -0.3 is 15.1 Å². The molecule has 1 aliphatic rings. The molecule has 1 saturated heterocycles. The Morgan fingerprint density at radius 1 is 1.10 bits per heavy atom. The van der Waals surface area contributed by atoms with E-state index in [0.717, 1.165) is 19.4 Å². The van der Waals surface area contributed by atoms with Crippen molar-refractivity contribution < 1.29 is 19.8 Å². The number of piperidine rings is 1. The largest absolute Gasteiger partial charge is 0.481 e. The first kappa shape index (κ1) is 15.5. The van der Waals surface area contributed by atoms with Crippen LogP contribution in [0.1, 0.15) is 18.4 Å². The van der Waals surface area contributed by atoms with E-state index in [4.69, 9.17) is 5.11 Å². The first-order valence-electron chi connectivity index (χ1n) is 7.30. The summed E-state index contributed by atoms with van der Waals surface area (Å²) in [5.74, 6) is -3.55. The molecule has 0 radical (unpaired) electrons. The highest BCUT2D eigenvalue weighted by molar-refractivity contribution is 5.80. The summed E-state index contributed by atoms with van der Waals surface area (Å²) in [5, 5.41) is 18.3. The van der Waals surface area contributed by atoms with Crippen molar-refractivity contribution in [1.29, 1.82) is 0 Å². The molecule has 0 saturated carbocycles. The molecule has 21 heavy (non-hydrogen) atoms. The van der Waals surface area contributed by atoms with E-state index in [1.807, 2.05) is 18.2 Å². The predicted molar refractivity (Wildman–Crippen MR) is 78.1 cm³/mol. The minimum atomic E-state index is -1.00. The Bertz CT molecular complexity index is 488. The lowest BCUT2D eigenvalue weighted by atomic mass is 9.85. The van der Waals surface area contributed by atoms with Gasteiger partial charge in [-0.1, -0.05) is 30.3 Å². The van der Waals surface area contributed by atoms with Crippen LogP contribution in [-0.2, 0) is 16.0 Å². The molecule has 0 aromatic heterocycles. The van der Waals surface area contributed by atoms with Crippen LogP contribution in [-0.4, -0.2) is 46.7 Å². The van der Waals surface area contributed by atoms with Crippen LogP contribution in [0.3, 0.4) is 0 Å². The van der Waals surface area contributed by atoms with Crippen LogP contribution in [0.25, 0.3) is 0 Å². The van der Waals surface area contributed by atoms with Gasteiger partial charge in [0.05, 0.1) is 11.8 Å². The summed E-state index contributed by atoms with van der Waals surface area (Å²) in [5.41, 5.74) is 1.27. The number of aliphatic carboxylic acids is 2. The number of rotatable bonds is 6. The molecule has 0 bridgehead atoms. The van der Waals surface area contributed by atoms with E-state index in [1.165, 1.54) is 5.56 Å². The molecule has 2 N–H and O–H groups in total. The van der Waals surface area contributed by atoms with Gasteiger partial charge in [0.2, 0.25) is 0 Å². The van der Waals surface area contributed by atoms with Crippen LogP contribution >= 0.6 is 0 Å². The monoisotopic (exact) mass is 291 g/mol. The van der Waals surface area contributed by atoms with Crippen molar-refractivity contribution in [2.24, 2.45) is 11.8 Å². The molecule has 1 aromatic rings. The van der Waals surface area contributed by atoms with E-state index in [9.17, 15) is 14.7 Å². The Balaban J connectivity index is 1.82. The second kappa shape index (κ2) is 7.22. The highest BCUT2D eigenvalue weighted by Gasteiger charge is 2.38. The Morgan fingerprint density at radius 2 is 1.76 bits per heavy atom. The van der Waals surface area contributed by atoms with Gasteiger partial charge in [-0.25, -0.2) is 0 Å². The zero-order chi connectivity index (χ0) is 15.2. The third kappa shape index (κ3) is 4.29. The lowest BCUT2D eigenvalue weighted by molar-refractivity contribution is -0.157. The smallest absolute Gasteiger partial charge is 0.308 e. The maximum absolute atomic E-state index is 11.2. The summed E-state index contributed by atoms with van der Waals surface area (Å²) in [6.45, 7) is 1.81. The first-order chi connectivity index (χ1) is 10.1. The number of hydrogen-bond acceptors (Lipinski definition) is 3. The Kier molecular flexibility index (Phi) is 5.33. The van der Waals surface area contributed by atoms with Crippen LogP contribution in [0.4, 0.5) is 0 Å². The van der Waals surface area contributed by atoms with Crippen LogP contribution < -0.4 is 0 Å². The highest BCUT2D eigenvalue weighted by atomic mass is 16.4. The molecular formula is C16H21NO4. The van der Waals surface area contributed by atoms with Crippen molar-refractivity contribution in [2.75, 3.05) is 19.6 Å². The second-order valence-corrected chi connectivity index (χ2v) is 5.57. The van der Waals surface area contributed by atoms with Crippen LogP contribution in [0.2, 0.25) is 0 Å². The zero-order valence-corrected chi connectivity index (χ0v) is 11.9. The van der Waals surface area contributed by atoms with E-state index in [0.29, 0.717) is 19.5 Å². The number of carboxylic acid groups (broad SMARTS) is 2. The van der Waals surface area contributed by atoms with Crippen LogP contribution in [0.5, 0.6) is 0 Å². The van der Waals surface area contributed by atoms with Crippen LogP contribution in [0, 0.1) is 11.8 Å². The lowest BCUT2D eigenvalue weighted by Crippen LogP contribution is -2.46. The molecule has 0 amide bonds. The number of carboxylic acids is 2. The molecule has 2 rings (SSSR count). The quantitative estimate of drug-likeness (QED) is 0.834. The van der Waals surface area contributed by atoms with Gasteiger partial charge in [-0.05, 0) is 37.9 Å². The zero-order valence-electron chi connectivity index (χ0n) is 11.9. The maximum atomic E-state index is 11.2. The number of hydrogen-bond donors (Lipinski definition) is 2. The summed E-state index contributed by atoms with van der Waals surface area (Å²) in [6, 6.07) is 10.2. The van der Waals surface area contributed by atoms with Gasteiger partial charge in [0.1, 0.15) is 0 Å². The molecule has 1 aromatic carbocycles. The molecule has 0 spiro atoms. The van der Waals surface area contributed by atoms with Gasteiger partial charge in [-0.2, -0.15) is 0 Å². The first-order valence-corrected chi connectivity index (χ1v) is 7.30. The Labute approximate surface area is 124 Å². The van der Waals surface area contributed by atoms with Crippen molar-refractivity contribution in [3.05, 3.63) is 35.9 Å². The third-order valence-electron chi connectivity index (χ3n) is 4.11. The summed E-state index contributed by atoms with van der Waals surface area (Å²) in [6.07, 6.45) is 2.32. The predicted octanol–water partition coefficient (Wildman–Crippen LogP) is 1.73. The van der Waals surface area contributed by atoms with E-state index < -0.39 is 23.8 Å². The second-order valence-electron chi connectivity index (χ2n) is 5.57. The van der Waals surface area contributed by atoms with Gasteiger partial charge in [0.25, 0.3) is 0 Å². The fraction of sp³-hybridized carbons (Fsp3) is 0.500. The summed E-state index contributed by atoms with van der Waals surface area (Å²) < 4.78 is 0. The number of aryl methyl sites for hydroxylation is 1. The highest BCUT2D eigenvalue weighted by Crippen LogP contribution is 2.24. The minimum Gasteiger partial charge on any atom is -0.481 e. The summed E-state index contributed by atoms with van der Waals surface area (Å²) in [7, 11) is 0. The normalized spacial score (nSPS) is 22.9. The standard InChI is InChI=1S/C16H21NO4/c18-15(19)13-8-10-17(11-14(13)16(20)21)9-4-7-12-5-2-1-3-6-12/h1-3,5-6,13-14H,4,7-11H2,(H,18,19)(H,20,21). The van der Waals surface area contributed by atoms with Crippen molar-refractivity contribution in [2.45, 2.75) is 19.3 Å². The Hall–Kier alpha value is -1.88. The van der Waals surface area contributed by atoms with Crippen molar-refractivity contribution >= 4 is 11.9 Å². The average molecular weight is 291 g/mol. The number of likely N-dealkylation sites (tertiary alicyclic amines) is 1. The van der Waals surface area contributed by atoms with Gasteiger partial charge >= 0.3 is 11.9 Å². The SMILES string of the molecule is O=C(O)C1CCN(CCCc2ccccc2)CC1C(=O)O. The van der Waals surface area contributed by atoms with Gasteiger partial charge in [-0.15, -0.1) is 0 Å². The Morgan fingerprint density at radius 3 is 2.38 bits per heavy atom. The van der Waals surface area contributed by atoms with Crippen LogP contribution in [0.15, 0.2) is 30.3 Å². The van der Waals surface area contributed by atoms with E-state index >= 15 is 0 Å². The molecule has 2 unspecified atom stereocenters.